The van der Waals surface area contributed by atoms with Crippen LogP contribution in [-0.4, -0.2) is 46.7 Å². The third-order valence-electron chi connectivity index (χ3n) is 5.16. The van der Waals surface area contributed by atoms with Crippen molar-refractivity contribution in [3.63, 3.8) is 0 Å². The SMILES string of the molecule is Clc1cc(C2CCNCC2)c2cnn(C3CCCCO3)c2c1.O=C(O)C(F)(F)F. The summed E-state index contributed by atoms with van der Waals surface area (Å²) in [5.41, 5.74) is 2.47. The van der Waals surface area contributed by atoms with E-state index < -0.39 is 12.1 Å². The van der Waals surface area contributed by atoms with E-state index in [1.54, 1.807) is 0 Å². The molecule has 2 aliphatic heterocycles. The molecule has 2 aromatic rings. The number of piperidine rings is 1. The van der Waals surface area contributed by atoms with Crippen molar-refractivity contribution in [3.05, 3.63) is 28.9 Å². The number of nitrogens with one attached hydrogen (secondary N) is 1. The molecule has 160 valence electrons. The summed E-state index contributed by atoms with van der Waals surface area (Å²) in [4.78, 5) is 8.90. The van der Waals surface area contributed by atoms with E-state index in [4.69, 9.17) is 26.2 Å². The van der Waals surface area contributed by atoms with Crippen molar-refractivity contribution in [2.45, 2.75) is 50.4 Å². The van der Waals surface area contributed by atoms with Crippen LogP contribution in [0, 0.1) is 0 Å². The van der Waals surface area contributed by atoms with Gasteiger partial charge in [0.2, 0.25) is 0 Å². The summed E-state index contributed by atoms with van der Waals surface area (Å²) in [6, 6.07) is 4.17. The number of rotatable bonds is 2. The van der Waals surface area contributed by atoms with Crippen LogP contribution in [0.5, 0.6) is 0 Å². The van der Waals surface area contributed by atoms with Crippen LogP contribution in [0.25, 0.3) is 10.9 Å². The maximum atomic E-state index is 10.6. The second kappa shape index (κ2) is 9.32. The molecule has 2 N–H and O–H groups in total. The van der Waals surface area contributed by atoms with Gasteiger partial charge in [-0.25, -0.2) is 9.48 Å². The van der Waals surface area contributed by atoms with Crippen molar-refractivity contribution in [2.24, 2.45) is 0 Å². The first-order valence-electron chi connectivity index (χ1n) is 9.56. The van der Waals surface area contributed by atoms with E-state index in [-0.39, 0.29) is 6.23 Å². The number of alkyl halides is 3. The van der Waals surface area contributed by atoms with Gasteiger partial charge in [-0.05, 0) is 68.8 Å². The second-order valence-electron chi connectivity index (χ2n) is 7.17. The van der Waals surface area contributed by atoms with Crippen LogP contribution < -0.4 is 5.32 Å². The molecule has 2 fully saturated rings. The van der Waals surface area contributed by atoms with Crippen LogP contribution in [0.2, 0.25) is 5.02 Å². The predicted molar refractivity (Wildman–Crippen MR) is 102 cm³/mol. The number of carbonyl (C=O) groups is 1. The predicted octanol–water partition coefficient (Wildman–Crippen LogP) is 4.49. The average molecular weight is 434 g/mol. The summed E-state index contributed by atoms with van der Waals surface area (Å²) in [6.45, 7) is 2.99. The van der Waals surface area contributed by atoms with Crippen LogP contribution in [0.15, 0.2) is 18.3 Å². The number of halogens is 4. The summed E-state index contributed by atoms with van der Waals surface area (Å²) in [5.74, 6) is -2.18. The van der Waals surface area contributed by atoms with Gasteiger partial charge in [0.05, 0.1) is 11.7 Å². The van der Waals surface area contributed by atoms with Gasteiger partial charge < -0.3 is 15.2 Å². The molecule has 0 amide bonds. The molecule has 6 nitrogen and oxygen atoms in total. The highest BCUT2D eigenvalue weighted by atomic mass is 35.5. The number of aliphatic carboxylic acids is 1. The number of hydrogen-bond acceptors (Lipinski definition) is 4. The highest BCUT2D eigenvalue weighted by Gasteiger charge is 2.38. The van der Waals surface area contributed by atoms with E-state index in [0.717, 1.165) is 43.1 Å². The number of hydrogen-bond donors (Lipinski definition) is 2. The molecule has 0 radical (unpaired) electrons. The Balaban J connectivity index is 0.000000298. The zero-order valence-electron chi connectivity index (χ0n) is 15.7. The van der Waals surface area contributed by atoms with Crippen molar-refractivity contribution in [1.29, 1.82) is 0 Å². The Morgan fingerprint density at radius 2 is 1.93 bits per heavy atom. The minimum atomic E-state index is -5.08. The largest absolute Gasteiger partial charge is 0.490 e. The molecule has 0 bridgehead atoms. The first-order valence-corrected chi connectivity index (χ1v) is 9.94. The average Bonchev–Trinajstić information content (AvgIpc) is 3.12. The summed E-state index contributed by atoms with van der Waals surface area (Å²) >= 11 is 6.41. The molecule has 1 aromatic carbocycles. The Morgan fingerprint density at radius 1 is 1.24 bits per heavy atom. The van der Waals surface area contributed by atoms with E-state index >= 15 is 0 Å². The fourth-order valence-electron chi connectivity index (χ4n) is 3.75. The molecule has 10 heteroatoms. The zero-order valence-corrected chi connectivity index (χ0v) is 16.5. The van der Waals surface area contributed by atoms with Crippen LogP contribution >= 0.6 is 11.6 Å². The molecule has 0 saturated carbocycles. The van der Waals surface area contributed by atoms with Gasteiger partial charge in [0.1, 0.15) is 0 Å². The molecule has 3 heterocycles. The molecule has 4 rings (SSSR count). The minimum Gasteiger partial charge on any atom is -0.475 e. The lowest BCUT2D eigenvalue weighted by molar-refractivity contribution is -0.192. The van der Waals surface area contributed by atoms with Gasteiger partial charge in [0, 0.05) is 17.0 Å². The van der Waals surface area contributed by atoms with E-state index in [2.05, 4.69) is 16.5 Å². The Bertz CT molecular complexity index is 844. The minimum absolute atomic E-state index is 0.0607. The monoisotopic (exact) mass is 433 g/mol. The molecule has 1 atom stereocenters. The van der Waals surface area contributed by atoms with Crippen molar-refractivity contribution < 1.29 is 27.8 Å². The fourth-order valence-corrected chi connectivity index (χ4v) is 3.97. The van der Waals surface area contributed by atoms with E-state index in [1.807, 2.05) is 16.9 Å². The summed E-state index contributed by atoms with van der Waals surface area (Å²) < 4.78 is 39.7. The fraction of sp³-hybridized carbons (Fsp3) is 0.579. The first-order chi connectivity index (χ1) is 13.8. The number of carboxylic acids is 1. The summed E-state index contributed by atoms with van der Waals surface area (Å²) in [7, 11) is 0. The molecular formula is C19H23ClF3N3O3. The van der Waals surface area contributed by atoms with Crippen molar-refractivity contribution in [1.82, 2.24) is 15.1 Å². The number of carboxylic acid groups (broad SMARTS) is 1. The number of aromatic nitrogens is 2. The lowest BCUT2D eigenvalue weighted by atomic mass is 9.88. The van der Waals surface area contributed by atoms with E-state index in [9.17, 15) is 13.2 Å². The molecule has 2 saturated heterocycles. The topological polar surface area (TPSA) is 76.4 Å². The van der Waals surface area contributed by atoms with Crippen molar-refractivity contribution in [2.75, 3.05) is 19.7 Å². The third kappa shape index (κ3) is 5.40. The molecule has 0 spiro atoms. The standard InChI is InChI=1S/C17H22ClN3O.C2HF3O2/c18-13-9-14(12-4-6-19-7-5-12)15-11-20-21(16(15)10-13)17-3-1-2-8-22-17;3-2(4,5)1(6)7/h9-12,17,19H,1-8H2;(H,6,7). The van der Waals surface area contributed by atoms with Gasteiger partial charge in [0.15, 0.2) is 6.23 Å². The van der Waals surface area contributed by atoms with Crippen molar-refractivity contribution >= 4 is 28.5 Å². The molecule has 0 aliphatic carbocycles. The Kier molecular flexibility index (Phi) is 7.02. The Hall–Kier alpha value is -1.84. The number of nitrogens with zero attached hydrogens (tertiary/aromatic N) is 2. The van der Waals surface area contributed by atoms with Gasteiger partial charge in [-0.15, -0.1) is 0 Å². The first kappa shape index (κ1) is 21.9. The highest BCUT2D eigenvalue weighted by Crippen LogP contribution is 2.35. The van der Waals surface area contributed by atoms with E-state index in [0.29, 0.717) is 5.92 Å². The zero-order chi connectivity index (χ0) is 21.0. The maximum absolute atomic E-state index is 10.6. The summed E-state index contributed by atoms with van der Waals surface area (Å²) in [6.07, 6.45) is 2.70. The van der Waals surface area contributed by atoms with Crippen LogP contribution in [0.4, 0.5) is 13.2 Å². The molecule has 1 unspecified atom stereocenters. The Labute approximate surface area is 171 Å². The van der Waals surface area contributed by atoms with Crippen LogP contribution in [0.3, 0.4) is 0 Å². The molecule has 29 heavy (non-hydrogen) atoms. The Morgan fingerprint density at radius 3 is 2.52 bits per heavy atom. The van der Waals surface area contributed by atoms with Gasteiger partial charge >= 0.3 is 12.1 Å². The lowest BCUT2D eigenvalue weighted by Crippen LogP contribution is -2.26. The molecule has 2 aliphatic rings. The number of ether oxygens (including phenoxy) is 1. The second-order valence-corrected chi connectivity index (χ2v) is 7.60. The van der Waals surface area contributed by atoms with Crippen LogP contribution in [0.1, 0.15) is 49.8 Å². The number of benzene rings is 1. The van der Waals surface area contributed by atoms with Gasteiger partial charge in [-0.2, -0.15) is 18.3 Å². The number of fused-ring (bicyclic) bond motifs is 1. The molecule has 1 aromatic heterocycles. The highest BCUT2D eigenvalue weighted by molar-refractivity contribution is 6.31. The normalized spacial score (nSPS) is 20.9. The van der Waals surface area contributed by atoms with Crippen LogP contribution in [-0.2, 0) is 9.53 Å². The van der Waals surface area contributed by atoms with Gasteiger partial charge in [-0.1, -0.05) is 11.6 Å². The molecular weight excluding hydrogens is 411 g/mol. The van der Waals surface area contributed by atoms with Gasteiger partial charge in [0.25, 0.3) is 0 Å². The quantitative estimate of drug-likeness (QED) is 0.729. The van der Waals surface area contributed by atoms with Gasteiger partial charge in [-0.3, -0.25) is 0 Å². The smallest absolute Gasteiger partial charge is 0.475 e. The van der Waals surface area contributed by atoms with Crippen molar-refractivity contribution in [3.8, 4) is 0 Å². The van der Waals surface area contributed by atoms with E-state index in [1.165, 1.54) is 30.2 Å². The third-order valence-corrected chi connectivity index (χ3v) is 5.38. The summed E-state index contributed by atoms with van der Waals surface area (Å²) in [5, 5.41) is 17.2. The maximum Gasteiger partial charge on any atom is 0.490 e. The lowest BCUT2D eigenvalue weighted by Gasteiger charge is -2.25.